The first-order valence-corrected chi connectivity index (χ1v) is 9.42. The summed E-state index contributed by atoms with van der Waals surface area (Å²) in [6.45, 7) is 5.52. The van der Waals surface area contributed by atoms with Crippen LogP contribution in [0.5, 0.6) is 0 Å². The molecule has 24 heavy (non-hydrogen) atoms. The largest absolute Gasteiger partial charge is 0.352 e. The second-order valence-corrected chi connectivity index (χ2v) is 7.19. The van der Waals surface area contributed by atoms with E-state index in [1.807, 2.05) is 24.3 Å². The molecule has 1 aliphatic carbocycles. The predicted octanol–water partition coefficient (Wildman–Crippen LogP) is 4.38. The number of hydroxylamine groups is 2. The summed E-state index contributed by atoms with van der Waals surface area (Å²) in [6, 6.07) is 7.86. The average Bonchev–Trinajstić information content (AvgIpc) is 2.61. The zero-order valence-corrected chi connectivity index (χ0v) is 15.1. The molecule has 1 aliphatic rings. The molecule has 0 heterocycles. The lowest BCUT2D eigenvalue weighted by Crippen LogP contribution is -2.33. The molecular weight excluding hydrogens is 300 g/mol. The van der Waals surface area contributed by atoms with Crippen LogP contribution < -0.4 is 5.32 Å². The highest BCUT2D eigenvalue weighted by molar-refractivity contribution is 5.94. The molecule has 2 N–H and O–H groups in total. The van der Waals surface area contributed by atoms with Gasteiger partial charge in [-0.2, -0.15) is 5.06 Å². The van der Waals surface area contributed by atoms with E-state index in [1.54, 1.807) is 0 Å². The highest BCUT2D eigenvalue weighted by atomic mass is 16.5. The minimum Gasteiger partial charge on any atom is -0.352 e. The minimum absolute atomic E-state index is 0.0260. The Morgan fingerprint density at radius 1 is 1.33 bits per heavy atom. The van der Waals surface area contributed by atoms with Crippen molar-refractivity contribution >= 4 is 5.91 Å². The molecule has 1 atom stereocenters. The Labute approximate surface area is 146 Å². The van der Waals surface area contributed by atoms with Gasteiger partial charge in [-0.25, -0.2) is 0 Å². The fourth-order valence-electron chi connectivity index (χ4n) is 3.47. The number of carbonyl (C=O) groups excluding carboxylic acids is 1. The van der Waals surface area contributed by atoms with Crippen LogP contribution in [0, 0.1) is 5.92 Å². The number of rotatable bonds is 8. The van der Waals surface area contributed by atoms with Crippen LogP contribution in [-0.4, -0.2) is 28.8 Å². The summed E-state index contributed by atoms with van der Waals surface area (Å²) in [6.07, 6.45) is 8.05. The Bertz CT molecular complexity index is 512. The van der Waals surface area contributed by atoms with Crippen molar-refractivity contribution in [3.8, 4) is 0 Å². The fraction of sp³-hybridized carbons (Fsp3) is 0.650. The summed E-state index contributed by atoms with van der Waals surface area (Å²) in [5.74, 6) is 0.475. The molecule has 0 aromatic heterocycles. The van der Waals surface area contributed by atoms with Gasteiger partial charge >= 0.3 is 0 Å². The van der Waals surface area contributed by atoms with Crippen LogP contribution in [-0.2, 0) is 6.54 Å². The van der Waals surface area contributed by atoms with Crippen LogP contribution in [0.1, 0.15) is 74.7 Å². The van der Waals surface area contributed by atoms with Gasteiger partial charge in [-0.1, -0.05) is 51.7 Å². The molecule has 4 heteroatoms. The van der Waals surface area contributed by atoms with Crippen molar-refractivity contribution in [3.63, 3.8) is 0 Å². The maximum atomic E-state index is 12.3. The zero-order chi connectivity index (χ0) is 17.4. The molecule has 1 amide bonds. The van der Waals surface area contributed by atoms with Gasteiger partial charge < -0.3 is 10.5 Å². The lowest BCUT2D eigenvalue weighted by Gasteiger charge is -2.29. The molecule has 1 aromatic rings. The van der Waals surface area contributed by atoms with Crippen molar-refractivity contribution in [2.75, 3.05) is 6.54 Å². The Balaban J connectivity index is 1.89. The summed E-state index contributed by atoms with van der Waals surface area (Å²) < 4.78 is 0. The van der Waals surface area contributed by atoms with E-state index in [0.29, 0.717) is 24.6 Å². The zero-order valence-electron chi connectivity index (χ0n) is 15.1. The number of nitrogens with one attached hydrogen (secondary N) is 1. The summed E-state index contributed by atoms with van der Waals surface area (Å²) in [7, 11) is 0. The first kappa shape index (κ1) is 18.9. The Kier molecular flexibility index (Phi) is 7.73. The molecule has 1 aromatic carbocycles. The molecule has 0 radical (unpaired) electrons. The second kappa shape index (κ2) is 9.80. The number of hydrogen-bond donors (Lipinski definition) is 2. The smallest absolute Gasteiger partial charge is 0.251 e. The summed E-state index contributed by atoms with van der Waals surface area (Å²) >= 11 is 0. The van der Waals surface area contributed by atoms with E-state index < -0.39 is 0 Å². The van der Waals surface area contributed by atoms with Gasteiger partial charge in [-0.3, -0.25) is 4.79 Å². The fourth-order valence-corrected chi connectivity index (χ4v) is 3.47. The number of nitrogens with zero attached hydrogens (tertiary/aromatic N) is 1. The van der Waals surface area contributed by atoms with Crippen LogP contribution >= 0.6 is 0 Å². The second-order valence-electron chi connectivity index (χ2n) is 7.19. The number of benzene rings is 1. The maximum Gasteiger partial charge on any atom is 0.251 e. The third-order valence-corrected chi connectivity index (χ3v) is 4.92. The van der Waals surface area contributed by atoms with Crippen molar-refractivity contribution in [1.29, 1.82) is 0 Å². The van der Waals surface area contributed by atoms with Gasteiger partial charge in [-0.05, 0) is 42.9 Å². The first-order valence-electron chi connectivity index (χ1n) is 9.42. The van der Waals surface area contributed by atoms with Gasteiger partial charge in [0.1, 0.15) is 0 Å². The Morgan fingerprint density at radius 2 is 2.08 bits per heavy atom. The highest BCUT2D eigenvalue weighted by Crippen LogP contribution is 2.22. The third kappa shape index (κ3) is 5.91. The highest BCUT2D eigenvalue weighted by Gasteiger charge is 2.20. The molecule has 0 bridgehead atoms. The van der Waals surface area contributed by atoms with Gasteiger partial charge in [0.15, 0.2) is 0 Å². The molecule has 134 valence electrons. The van der Waals surface area contributed by atoms with E-state index in [1.165, 1.54) is 24.3 Å². The Hall–Kier alpha value is -1.39. The van der Waals surface area contributed by atoms with Gasteiger partial charge in [0.2, 0.25) is 0 Å². The van der Waals surface area contributed by atoms with Gasteiger partial charge in [0.25, 0.3) is 5.91 Å². The SMILES string of the molecule is CCCC(C)CNC(=O)c1cccc(CN(O)C2CCCCC2)c1. The van der Waals surface area contributed by atoms with E-state index in [-0.39, 0.29) is 11.9 Å². The van der Waals surface area contributed by atoms with Crippen molar-refractivity contribution in [2.24, 2.45) is 5.92 Å². The minimum atomic E-state index is -0.0260. The molecule has 0 aliphatic heterocycles. The quantitative estimate of drug-likeness (QED) is 0.695. The van der Waals surface area contributed by atoms with Gasteiger partial charge in [0.05, 0.1) is 0 Å². The molecule has 1 unspecified atom stereocenters. The van der Waals surface area contributed by atoms with E-state index in [0.717, 1.165) is 31.2 Å². The lowest BCUT2D eigenvalue weighted by molar-refractivity contribution is -0.143. The monoisotopic (exact) mass is 332 g/mol. The molecular formula is C20H32N2O2. The average molecular weight is 332 g/mol. The third-order valence-electron chi connectivity index (χ3n) is 4.92. The van der Waals surface area contributed by atoms with Crippen molar-refractivity contribution in [3.05, 3.63) is 35.4 Å². The van der Waals surface area contributed by atoms with E-state index in [9.17, 15) is 10.0 Å². The topological polar surface area (TPSA) is 52.6 Å². The van der Waals surface area contributed by atoms with Crippen LogP contribution in [0.4, 0.5) is 0 Å². The summed E-state index contributed by atoms with van der Waals surface area (Å²) in [5.41, 5.74) is 1.66. The van der Waals surface area contributed by atoms with E-state index in [4.69, 9.17) is 0 Å². The van der Waals surface area contributed by atoms with Crippen molar-refractivity contribution < 1.29 is 10.0 Å². The molecule has 1 fully saturated rings. The van der Waals surface area contributed by atoms with Crippen LogP contribution in [0.3, 0.4) is 0 Å². The van der Waals surface area contributed by atoms with Crippen LogP contribution in [0.25, 0.3) is 0 Å². The van der Waals surface area contributed by atoms with Crippen molar-refractivity contribution in [2.45, 2.75) is 71.4 Å². The summed E-state index contributed by atoms with van der Waals surface area (Å²) in [4.78, 5) is 12.3. The number of carbonyl (C=O) groups is 1. The Morgan fingerprint density at radius 3 is 2.79 bits per heavy atom. The van der Waals surface area contributed by atoms with Gasteiger partial charge in [-0.15, -0.1) is 0 Å². The molecule has 1 saturated carbocycles. The van der Waals surface area contributed by atoms with Crippen LogP contribution in [0.15, 0.2) is 24.3 Å². The molecule has 2 rings (SSSR count). The normalized spacial score (nSPS) is 17.0. The standard InChI is InChI=1S/C20H32N2O2/c1-3-8-16(2)14-21-20(23)18-10-7-9-17(13-18)15-22(24)19-11-5-4-6-12-19/h7,9-10,13,16,19,24H,3-6,8,11-12,14-15H2,1-2H3,(H,21,23). The van der Waals surface area contributed by atoms with E-state index >= 15 is 0 Å². The lowest BCUT2D eigenvalue weighted by atomic mass is 9.95. The maximum absolute atomic E-state index is 12.3. The van der Waals surface area contributed by atoms with Gasteiger partial charge in [0, 0.05) is 24.7 Å². The van der Waals surface area contributed by atoms with Crippen molar-refractivity contribution in [1.82, 2.24) is 10.4 Å². The summed E-state index contributed by atoms with van der Waals surface area (Å²) in [5, 5.41) is 14.8. The molecule has 4 nitrogen and oxygen atoms in total. The molecule has 0 saturated heterocycles. The number of hydrogen-bond acceptors (Lipinski definition) is 3. The number of amides is 1. The van der Waals surface area contributed by atoms with E-state index in [2.05, 4.69) is 19.2 Å². The first-order chi connectivity index (χ1) is 11.6. The molecule has 0 spiro atoms. The predicted molar refractivity (Wildman–Crippen MR) is 97.0 cm³/mol. The van der Waals surface area contributed by atoms with Crippen LogP contribution in [0.2, 0.25) is 0 Å².